The van der Waals surface area contributed by atoms with Crippen LogP contribution in [0.15, 0.2) is 89.5 Å². The maximum atomic E-state index is 14.0. The molecular weight excluding hydrogens is 555 g/mol. The van der Waals surface area contributed by atoms with E-state index in [4.69, 9.17) is 4.74 Å². The second-order valence-corrected chi connectivity index (χ2v) is 12.4. The molecule has 2 aliphatic heterocycles. The summed E-state index contributed by atoms with van der Waals surface area (Å²) in [5.41, 5.74) is 6.76. The minimum atomic E-state index is -0.635. The number of anilines is 3. The lowest BCUT2D eigenvalue weighted by Crippen LogP contribution is -2.35. The monoisotopic (exact) mass is 594 g/mol. The molecule has 0 bridgehead atoms. The van der Waals surface area contributed by atoms with E-state index in [2.05, 4.69) is 26.1 Å². The van der Waals surface area contributed by atoms with Gasteiger partial charge in [-0.2, -0.15) is 0 Å². The number of amides is 2. The molecule has 0 unspecified atom stereocenters. The van der Waals surface area contributed by atoms with Gasteiger partial charge in [0.05, 0.1) is 30.2 Å². The highest BCUT2D eigenvalue weighted by atomic mass is 19.1. The third-order valence-electron chi connectivity index (χ3n) is 9.35. The first kappa shape index (κ1) is 29.8. The normalized spacial score (nSPS) is 23.4. The van der Waals surface area contributed by atoms with Crippen LogP contribution in [0.25, 0.3) is 6.08 Å². The molecule has 2 N–H and O–H groups in total. The summed E-state index contributed by atoms with van der Waals surface area (Å²) in [5, 5.41) is 12.9. The van der Waals surface area contributed by atoms with Crippen LogP contribution < -0.4 is 10.2 Å². The van der Waals surface area contributed by atoms with E-state index in [-0.39, 0.29) is 41.4 Å². The number of fused-ring (bicyclic) bond motifs is 3. The quantitative estimate of drug-likeness (QED) is 0.194. The first-order chi connectivity index (χ1) is 21.2. The van der Waals surface area contributed by atoms with Crippen molar-refractivity contribution in [1.29, 1.82) is 0 Å². The van der Waals surface area contributed by atoms with Gasteiger partial charge in [0.2, 0.25) is 11.8 Å². The van der Waals surface area contributed by atoms with E-state index in [1.165, 1.54) is 28.2 Å². The number of imide groups is 1. The van der Waals surface area contributed by atoms with E-state index < -0.39 is 11.7 Å². The molecule has 2 amide bonds. The Balaban J connectivity index is 1.20. The van der Waals surface area contributed by atoms with Crippen molar-refractivity contribution in [2.24, 2.45) is 23.7 Å². The van der Waals surface area contributed by atoms with Crippen LogP contribution in [0.2, 0.25) is 0 Å². The topological polar surface area (TPSA) is 78.9 Å². The lowest BCUT2D eigenvalue weighted by atomic mass is 9.67. The number of allylic oxidation sites excluding steroid dienone is 2. The maximum absolute atomic E-state index is 14.0. The van der Waals surface area contributed by atoms with Gasteiger partial charge >= 0.3 is 0 Å². The van der Waals surface area contributed by atoms with Crippen LogP contribution in [-0.2, 0) is 14.3 Å². The maximum Gasteiger partial charge on any atom is 0.238 e. The third kappa shape index (κ3) is 5.69. The van der Waals surface area contributed by atoms with Gasteiger partial charge < -0.3 is 15.2 Å². The Morgan fingerprint density at radius 1 is 1.02 bits per heavy atom. The number of benzene rings is 3. The van der Waals surface area contributed by atoms with Crippen molar-refractivity contribution in [3.63, 3.8) is 0 Å². The molecule has 0 saturated carbocycles. The highest BCUT2D eigenvalue weighted by Crippen LogP contribution is 2.52. The van der Waals surface area contributed by atoms with Crippen LogP contribution in [0.1, 0.15) is 52.0 Å². The number of halogens is 1. The number of nitrogens with zero attached hydrogens (tertiary/aromatic N) is 1. The molecule has 7 heteroatoms. The molecule has 3 aromatic rings. The zero-order chi connectivity index (χ0) is 31.0. The van der Waals surface area contributed by atoms with E-state index in [0.29, 0.717) is 24.3 Å². The molecule has 0 aromatic heterocycles. The number of aromatic hydroxyl groups is 1. The lowest BCUT2D eigenvalue weighted by molar-refractivity contribution is -0.122. The van der Waals surface area contributed by atoms with Crippen LogP contribution >= 0.6 is 0 Å². The largest absolute Gasteiger partial charge is 0.505 e. The van der Waals surface area contributed by atoms with Gasteiger partial charge in [0, 0.05) is 17.3 Å². The summed E-state index contributed by atoms with van der Waals surface area (Å²) in [7, 11) is 0. The van der Waals surface area contributed by atoms with Crippen molar-refractivity contribution in [2.45, 2.75) is 52.6 Å². The Morgan fingerprint density at radius 2 is 1.75 bits per heavy atom. The summed E-state index contributed by atoms with van der Waals surface area (Å²) >= 11 is 0. The average molecular weight is 595 g/mol. The van der Waals surface area contributed by atoms with Crippen molar-refractivity contribution in [1.82, 2.24) is 0 Å². The second-order valence-electron chi connectivity index (χ2n) is 12.4. The minimum absolute atomic E-state index is 0.114. The van der Waals surface area contributed by atoms with Crippen molar-refractivity contribution in [3.05, 3.63) is 101 Å². The summed E-state index contributed by atoms with van der Waals surface area (Å²) in [4.78, 5) is 29.2. The van der Waals surface area contributed by atoms with Gasteiger partial charge in [-0.3, -0.25) is 14.5 Å². The molecule has 44 heavy (non-hydrogen) atoms. The number of carbonyl (C=O) groups is 2. The number of phenolic OH excluding ortho intramolecular Hbond substituents is 1. The van der Waals surface area contributed by atoms with Gasteiger partial charge in [0.1, 0.15) is 0 Å². The summed E-state index contributed by atoms with van der Waals surface area (Å²) in [6.45, 7) is 6.82. The third-order valence-corrected chi connectivity index (χ3v) is 9.35. The number of hydrogen-bond donors (Lipinski definition) is 2. The Bertz CT molecular complexity index is 1610. The molecule has 3 aromatic carbocycles. The fourth-order valence-corrected chi connectivity index (χ4v) is 7.11. The van der Waals surface area contributed by atoms with Crippen LogP contribution in [0.4, 0.5) is 21.5 Å². The molecule has 2 saturated heterocycles. The fourth-order valence-electron chi connectivity index (χ4n) is 7.11. The second kappa shape index (κ2) is 12.4. The number of rotatable bonds is 9. The zero-order valence-corrected chi connectivity index (χ0v) is 25.4. The number of phenols is 1. The van der Waals surface area contributed by atoms with E-state index in [9.17, 15) is 19.1 Å². The van der Waals surface area contributed by atoms with E-state index in [1.807, 2.05) is 60.7 Å². The highest BCUT2D eigenvalue weighted by molar-refractivity contribution is 6.22. The molecule has 3 aliphatic rings. The number of carbonyl (C=O) groups excluding carboxylic acids is 2. The standard InChI is InChI=1S/C37H39FN2O4/c1-4-23(18-24-10-16-32(41)31(38)19-24)11-17-33-34-28(22(2)3)20-29-35(30(34)21-44-33)37(43)40(36(29)42)27-14-12-26(13-15-27)39-25-8-6-5-7-9-25/h5-10,12-16,18-19,22,29-30,33,35,39,41H,4,11,17,20-21H2,1-3H3/b23-18+/t29-,30+,33-,35-/m1/s1. The number of para-hydroxylation sites is 1. The Morgan fingerprint density at radius 3 is 2.43 bits per heavy atom. The highest BCUT2D eigenvalue weighted by Gasteiger charge is 2.57. The molecule has 4 atom stereocenters. The molecule has 6 rings (SSSR count). The first-order valence-corrected chi connectivity index (χ1v) is 15.6. The lowest BCUT2D eigenvalue weighted by Gasteiger charge is -2.33. The fraction of sp³-hybridized carbons (Fsp3) is 0.351. The Labute approximate surface area is 258 Å². The number of ether oxygens (including phenoxy) is 1. The van der Waals surface area contributed by atoms with Gasteiger partial charge in [0.15, 0.2) is 11.6 Å². The predicted octanol–water partition coefficient (Wildman–Crippen LogP) is 8.03. The van der Waals surface area contributed by atoms with E-state index in [0.717, 1.165) is 36.2 Å². The SMILES string of the molecule is CC/C(=C\c1ccc(O)c(F)c1)CC[C@H]1OC[C@H]2C1=C(C(C)C)C[C@H]1C(=O)N(c3ccc(Nc4ccccc4)cc3)C(=O)[C@H]12. The van der Waals surface area contributed by atoms with Gasteiger partial charge in [-0.1, -0.05) is 62.3 Å². The summed E-state index contributed by atoms with van der Waals surface area (Å²) in [5.74, 6) is -1.93. The van der Waals surface area contributed by atoms with Crippen LogP contribution in [0, 0.1) is 29.5 Å². The number of nitrogens with one attached hydrogen (secondary N) is 1. The predicted molar refractivity (Wildman–Crippen MR) is 171 cm³/mol. The zero-order valence-electron chi connectivity index (χ0n) is 25.4. The minimum Gasteiger partial charge on any atom is -0.505 e. The molecule has 228 valence electrons. The Hall–Kier alpha value is -4.23. The van der Waals surface area contributed by atoms with Crippen molar-refractivity contribution in [2.75, 3.05) is 16.8 Å². The van der Waals surface area contributed by atoms with Crippen molar-refractivity contribution < 1.29 is 23.8 Å². The molecule has 0 radical (unpaired) electrons. The Kier molecular flexibility index (Phi) is 8.41. The molecular formula is C37H39FN2O4. The van der Waals surface area contributed by atoms with Crippen LogP contribution in [0.3, 0.4) is 0 Å². The average Bonchev–Trinajstić information content (AvgIpc) is 3.55. The molecule has 2 fully saturated rings. The number of hydrogen-bond acceptors (Lipinski definition) is 5. The van der Waals surface area contributed by atoms with E-state index in [1.54, 1.807) is 6.07 Å². The molecule has 0 spiro atoms. The summed E-state index contributed by atoms with van der Waals surface area (Å²) in [6, 6.07) is 21.7. The van der Waals surface area contributed by atoms with Gasteiger partial charge in [-0.05, 0) is 91.3 Å². The van der Waals surface area contributed by atoms with Crippen molar-refractivity contribution in [3.8, 4) is 5.75 Å². The van der Waals surface area contributed by atoms with E-state index >= 15 is 0 Å². The van der Waals surface area contributed by atoms with Gasteiger partial charge in [0.25, 0.3) is 0 Å². The van der Waals surface area contributed by atoms with Crippen LogP contribution in [0.5, 0.6) is 5.75 Å². The summed E-state index contributed by atoms with van der Waals surface area (Å²) in [6.07, 6.45) is 4.75. The molecule has 2 heterocycles. The van der Waals surface area contributed by atoms with Crippen molar-refractivity contribution >= 4 is 35.0 Å². The first-order valence-electron chi connectivity index (χ1n) is 15.6. The smallest absolute Gasteiger partial charge is 0.238 e. The van der Waals surface area contributed by atoms with Crippen LogP contribution in [-0.4, -0.2) is 29.6 Å². The van der Waals surface area contributed by atoms with Gasteiger partial charge in [-0.25, -0.2) is 4.39 Å². The molecule has 6 nitrogen and oxygen atoms in total. The summed E-state index contributed by atoms with van der Waals surface area (Å²) < 4.78 is 20.3. The molecule has 1 aliphatic carbocycles. The van der Waals surface area contributed by atoms with Gasteiger partial charge in [-0.15, -0.1) is 0 Å².